The van der Waals surface area contributed by atoms with Gasteiger partial charge in [0.25, 0.3) is 0 Å². The van der Waals surface area contributed by atoms with E-state index in [1.165, 1.54) is 30.8 Å². The lowest BCUT2D eigenvalue weighted by Crippen LogP contribution is -2.39. The predicted molar refractivity (Wildman–Crippen MR) is 62.0 cm³/mol. The van der Waals surface area contributed by atoms with Crippen molar-refractivity contribution >= 4 is 11.8 Å². The number of hydrogen-bond donors (Lipinski definition) is 1. The zero-order chi connectivity index (χ0) is 10.3. The first-order valence-electron chi connectivity index (χ1n) is 5.71. The Balaban J connectivity index is 1.67. The molecule has 1 N–H and O–H groups in total. The van der Waals surface area contributed by atoms with E-state index in [1.54, 1.807) is 0 Å². The first-order chi connectivity index (χ1) is 7.31. The van der Waals surface area contributed by atoms with Crippen LogP contribution in [0.4, 0.5) is 0 Å². The van der Waals surface area contributed by atoms with Gasteiger partial charge in [-0.3, -0.25) is 0 Å². The Morgan fingerprint density at radius 1 is 1.40 bits per heavy atom. The Morgan fingerprint density at radius 2 is 2.13 bits per heavy atom. The van der Waals surface area contributed by atoms with Crippen LogP contribution in [0.25, 0.3) is 0 Å². The van der Waals surface area contributed by atoms with E-state index in [0.717, 1.165) is 17.3 Å². The van der Waals surface area contributed by atoms with Crippen LogP contribution in [-0.4, -0.2) is 26.9 Å². The first kappa shape index (κ1) is 9.73. The Labute approximate surface area is 94.7 Å². The largest absolute Gasteiger partial charge is 0.329 e. The van der Waals surface area contributed by atoms with Crippen molar-refractivity contribution in [2.45, 2.75) is 48.2 Å². The molecular formula is C11H17N3S. The second kappa shape index (κ2) is 3.83. The number of aryl methyl sites for hydroxylation is 1. The van der Waals surface area contributed by atoms with E-state index < -0.39 is 0 Å². The first-order valence-corrected chi connectivity index (χ1v) is 6.59. The highest BCUT2D eigenvalue weighted by atomic mass is 32.2. The van der Waals surface area contributed by atoms with E-state index in [1.807, 2.05) is 24.2 Å². The van der Waals surface area contributed by atoms with Crippen LogP contribution < -0.4 is 5.32 Å². The van der Waals surface area contributed by atoms with E-state index in [0.29, 0.717) is 0 Å². The molecule has 3 heterocycles. The van der Waals surface area contributed by atoms with Gasteiger partial charge in [-0.25, -0.2) is 4.98 Å². The molecule has 0 radical (unpaired) electrons. The van der Waals surface area contributed by atoms with Gasteiger partial charge in [0.15, 0.2) is 5.16 Å². The summed E-state index contributed by atoms with van der Waals surface area (Å²) in [5.41, 5.74) is 0. The molecule has 2 aliphatic rings. The summed E-state index contributed by atoms with van der Waals surface area (Å²) in [5.74, 6) is 0. The van der Waals surface area contributed by atoms with Gasteiger partial charge in [0.05, 0.1) is 0 Å². The van der Waals surface area contributed by atoms with Crippen LogP contribution in [0.2, 0.25) is 0 Å². The van der Waals surface area contributed by atoms with Crippen molar-refractivity contribution in [3.8, 4) is 0 Å². The van der Waals surface area contributed by atoms with Gasteiger partial charge >= 0.3 is 0 Å². The van der Waals surface area contributed by atoms with Gasteiger partial charge in [0.2, 0.25) is 0 Å². The van der Waals surface area contributed by atoms with Gasteiger partial charge in [0.1, 0.15) is 0 Å². The minimum Gasteiger partial charge on any atom is -0.329 e. The molecule has 2 aliphatic heterocycles. The number of aromatic nitrogens is 2. The third-order valence-electron chi connectivity index (χ3n) is 3.48. The fourth-order valence-corrected chi connectivity index (χ4v) is 4.02. The molecule has 0 saturated carbocycles. The number of piperidine rings is 1. The molecule has 1 aromatic rings. The summed E-state index contributed by atoms with van der Waals surface area (Å²) in [7, 11) is 2.07. The van der Waals surface area contributed by atoms with Crippen molar-refractivity contribution in [2.24, 2.45) is 7.05 Å². The molecule has 2 fully saturated rings. The van der Waals surface area contributed by atoms with E-state index in [-0.39, 0.29) is 0 Å². The minimum atomic E-state index is 0.768. The lowest BCUT2D eigenvalue weighted by molar-refractivity contribution is 0.414. The highest BCUT2D eigenvalue weighted by Gasteiger charge is 2.34. The Morgan fingerprint density at radius 3 is 2.73 bits per heavy atom. The summed E-state index contributed by atoms with van der Waals surface area (Å²) in [4.78, 5) is 4.39. The molecule has 1 aromatic heterocycles. The van der Waals surface area contributed by atoms with Crippen molar-refractivity contribution in [3.05, 3.63) is 12.4 Å². The monoisotopic (exact) mass is 223 g/mol. The van der Waals surface area contributed by atoms with Crippen molar-refractivity contribution < 1.29 is 0 Å². The second-order valence-electron chi connectivity index (χ2n) is 4.67. The number of rotatable bonds is 2. The molecule has 0 aliphatic carbocycles. The average molecular weight is 223 g/mol. The Hall–Kier alpha value is -0.480. The van der Waals surface area contributed by atoms with Crippen LogP contribution in [0.5, 0.6) is 0 Å². The van der Waals surface area contributed by atoms with Gasteiger partial charge in [-0.2, -0.15) is 0 Å². The van der Waals surface area contributed by atoms with Gasteiger partial charge in [-0.05, 0) is 25.7 Å². The molecular weight excluding hydrogens is 206 g/mol. The smallest absolute Gasteiger partial charge is 0.167 e. The molecule has 2 atom stereocenters. The maximum Gasteiger partial charge on any atom is 0.167 e. The fraction of sp³-hybridized carbons (Fsp3) is 0.727. The number of thioether (sulfide) groups is 1. The maximum atomic E-state index is 4.39. The van der Waals surface area contributed by atoms with Gasteiger partial charge in [-0.1, -0.05) is 11.8 Å². The summed E-state index contributed by atoms with van der Waals surface area (Å²) in [6, 6.07) is 1.56. The normalized spacial score (nSPS) is 34.6. The van der Waals surface area contributed by atoms with E-state index >= 15 is 0 Å². The van der Waals surface area contributed by atoms with Gasteiger partial charge in [-0.15, -0.1) is 0 Å². The lowest BCUT2D eigenvalue weighted by atomic mass is 10.1. The van der Waals surface area contributed by atoms with Crippen molar-refractivity contribution in [2.75, 3.05) is 0 Å². The molecule has 3 nitrogen and oxygen atoms in total. The number of nitrogens with one attached hydrogen (secondary N) is 1. The summed E-state index contributed by atoms with van der Waals surface area (Å²) >= 11 is 1.96. The van der Waals surface area contributed by atoms with Crippen LogP contribution in [0.1, 0.15) is 25.7 Å². The zero-order valence-electron chi connectivity index (χ0n) is 9.02. The minimum absolute atomic E-state index is 0.768. The van der Waals surface area contributed by atoms with E-state index in [2.05, 4.69) is 21.9 Å². The molecule has 0 amide bonds. The van der Waals surface area contributed by atoms with Crippen LogP contribution in [-0.2, 0) is 7.05 Å². The van der Waals surface area contributed by atoms with E-state index in [9.17, 15) is 0 Å². The highest BCUT2D eigenvalue weighted by Crippen LogP contribution is 2.36. The van der Waals surface area contributed by atoms with Crippen LogP contribution in [0.3, 0.4) is 0 Å². The maximum absolute atomic E-state index is 4.39. The van der Waals surface area contributed by atoms with Gasteiger partial charge in [0, 0.05) is 36.8 Å². The average Bonchev–Trinajstić information content (AvgIpc) is 2.75. The standard InChI is InChI=1S/C11H17N3S/c1-14-5-4-12-11(14)15-10-6-8-2-3-9(7-10)13-8/h4-5,8-10,13H,2-3,6-7H2,1H3/t8-,9-/m0/s1. The Kier molecular flexibility index (Phi) is 2.48. The zero-order valence-corrected chi connectivity index (χ0v) is 9.83. The topological polar surface area (TPSA) is 29.9 Å². The number of fused-ring (bicyclic) bond motifs is 2. The molecule has 2 bridgehead atoms. The molecule has 2 saturated heterocycles. The van der Waals surface area contributed by atoms with Crippen LogP contribution in [0.15, 0.2) is 17.6 Å². The number of nitrogens with zero attached hydrogens (tertiary/aromatic N) is 2. The molecule has 0 unspecified atom stereocenters. The quantitative estimate of drug-likeness (QED) is 0.829. The fourth-order valence-electron chi connectivity index (χ4n) is 2.72. The molecule has 4 heteroatoms. The molecule has 82 valence electrons. The third kappa shape index (κ3) is 1.93. The van der Waals surface area contributed by atoms with Gasteiger partial charge < -0.3 is 9.88 Å². The summed E-state index contributed by atoms with van der Waals surface area (Å²) in [6.45, 7) is 0. The second-order valence-corrected chi connectivity index (χ2v) is 5.94. The molecule has 15 heavy (non-hydrogen) atoms. The lowest BCUT2D eigenvalue weighted by Gasteiger charge is -2.28. The van der Waals surface area contributed by atoms with Crippen molar-refractivity contribution in [1.82, 2.24) is 14.9 Å². The number of imidazole rings is 1. The molecule has 0 spiro atoms. The Bertz CT molecular complexity index is 337. The predicted octanol–water partition coefficient (Wildman–Crippen LogP) is 1.80. The SMILES string of the molecule is Cn1ccnc1SC1C[C@@H]2CC[C@@H](C1)N2. The summed E-state index contributed by atoms with van der Waals surface area (Å²) in [6.07, 6.45) is 9.29. The summed E-state index contributed by atoms with van der Waals surface area (Å²) in [5, 5.41) is 5.61. The van der Waals surface area contributed by atoms with Crippen molar-refractivity contribution in [3.63, 3.8) is 0 Å². The van der Waals surface area contributed by atoms with E-state index in [4.69, 9.17) is 0 Å². The van der Waals surface area contributed by atoms with Crippen molar-refractivity contribution in [1.29, 1.82) is 0 Å². The third-order valence-corrected chi connectivity index (χ3v) is 4.80. The molecule has 0 aromatic carbocycles. The summed E-state index contributed by atoms with van der Waals surface area (Å²) < 4.78 is 2.12. The van der Waals surface area contributed by atoms with Crippen LogP contribution >= 0.6 is 11.8 Å². The number of hydrogen-bond acceptors (Lipinski definition) is 3. The molecule has 3 rings (SSSR count). The highest BCUT2D eigenvalue weighted by molar-refractivity contribution is 7.99. The van der Waals surface area contributed by atoms with Crippen LogP contribution in [0, 0.1) is 0 Å².